The van der Waals surface area contributed by atoms with Crippen LogP contribution in [0.1, 0.15) is 54.7 Å². The van der Waals surface area contributed by atoms with Crippen molar-refractivity contribution in [2.75, 3.05) is 12.4 Å². The number of rotatable bonds is 7. The monoisotopic (exact) mass is 483 g/mol. The average molecular weight is 484 g/mol. The Morgan fingerprint density at radius 3 is 2.88 bits per heavy atom. The summed E-state index contributed by atoms with van der Waals surface area (Å²) in [7, 11) is 0. The summed E-state index contributed by atoms with van der Waals surface area (Å²) in [5.41, 5.74) is 2.29. The molecule has 0 spiro atoms. The van der Waals surface area contributed by atoms with E-state index in [0.717, 1.165) is 54.5 Å². The Morgan fingerprint density at radius 2 is 2.09 bits per heavy atom. The molecule has 3 heterocycles. The average Bonchev–Trinajstić information content (AvgIpc) is 3.47. The van der Waals surface area contributed by atoms with Gasteiger partial charge in [-0.3, -0.25) is 14.2 Å². The SMILES string of the molecule is CC(NC(=O)CSc1nc2sc3c(c2c(=O)n1CC1CCCO1)CCCC3)c1ccccc1. The van der Waals surface area contributed by atoms with Gasteiger partial charge >= 0.3 is 0 Å². The van der Waals surface area contributed by atoms with Crippen molar-refractivity contribution in [1.29, 1.82) is 0 Å². The van der Waals surface area contributed by atoms with Crippen molar-refractivity contribution >= 4 is 39.2 Å². The maximum Gasteiger partial charge on any atom is 0.263 e. The molecule has 1 N–H and O–H groups in total. The van der Waals surface area contributed by atoms with Crippen LogP contribution in [0.5, 0.6) is 0 Å². The number of ether oxygens (including phenoxy) is 1. The van der Waals surface area contributed by atoms with E-state index in [-0.39, 0.29) is 29.4 Å². The van der Waals surface area contributed by atoms with Crippen molar-refractivity contribution in [3.8, 4) is 0 Å². The van der Waals surface area contributed by atoms with Crippen molar-refractivity contribution < 1.29 is 9.53 Å². The molecule has 1 aromatic carbocycles. The lowest BCUT2D eigenvalue weighted by Crippen LogP contribution is -2.31. The van der Waals surface area contributed by atoms with Crippen LogP contribution in [0.4, 0.5) is 0 Å². The van der Waals surface area contributed by atoms with Crippen molar-refractivity contribution in [1.82, 2.24) is 14.9 Å². The summed E-state index contributed by atoms with van der Waals surface area (Å²) in [5.74, 6) is 0.144. The molecule has 2 aliphatic rings. The quantitative estimate of drug-likeness (QED) is 0.396. The first kappa shape index (κ1) is 22.6. The van der Waals surface area contributed by atoms with E-state index in [9.17, 15) is 9.59 Å². The lowest BCUT2D eigenvalue weighted by Gasteiger charge is -2.17. The Balaban J connectivity index is 1.40. The molecule has 0 saturated carbocycles. The van der Waals surface area contributed by atoms with E-state index in [1.165, 1.54) is 28.6 Å². The molecule has 33 heavy (non-hydrogen) atoms. The highest BCUT2D eigenvalue weighted by Crippen LogP contribution is 2.35. The van der Waals surface area contributed by atoms with Gasteiger partial charge in [0.15, 0.2) is 5.16 Å². The molecular formula is C25H29N3O3S2. The second-order valence-electron chi connectivity index (χ2n) is 8.82. The third-order valence-electron chi connectivity index (χ3n) is 6.46. The van der Waals surface area contributed by atoms with Gasteiger partial charge in [0.25, 0.3) is 5.56 Å². The van der Waals surface area contributed by atoms with Crippen molar-refractivity contribution in [3.05, 3.63) is 56.7 Å². The summed E-state index contributed by atoms with van der Waals surface area (Å²) < 4.78 is 7.59. The molecule has 0 radical (unpaired) electrons. The van der Waals surface area contributed by atoms with E-state index >= 15 is 0 Å². The van der Waals surface area contributed by atoms with Crippen LogP contribution in [0.15, 0.2) is 40.3 Å². The van der Waals surface area contributed by atoms with Gasteiger partial charge in [-0.2, -0.15) is 0 Å². The van der Waals surface area contributed by atoms with Crippen LogP contribution < -0.4 is 10.9 Å². The molecule has 1 saturated heterocycles. The molecule has 2 unspecified atom stereocenters. The first-order valence-electron chi connectivity index (χ1n) is 11.7. The molecule has 174 valence electrons. The number of benzene rings is 1. The van der Waals surface area contributed by atoms with Crippen LogP contribution in [0.25, 0.3) is 10.2 Å². The third kappa shape index (κ3) is 4.88. The summed E-state index contributed by atoms with van der Waals surface area (Å²) in [6.45, 7) is 3.22. The Labute approximate surface area is 201 Å². The van der Waals surface area contributed by atoms with E-state index in [0.29, 0.717) is 11.7 Å². The fraction of sp³-hybridized carbons (Fsp3) is 0.480. The minimum atomic E-state index is -0.0761. The lowest BCUT2D eigenvalue weighted by molar-refractivity contribution is -0.119. The Hall–Kier alpha value is -2.16. The van der Waals surface area contributed by atoms with Crippen LogP contribution in [0.2, 0.25) is 0 Å². The number of aryl methyl sites for hydroxylation is 2. The molecule has 3 aromatic rings. The third-order valence-corrected chi connectivity index (χ3v) is 8.62. The smallest absolute Gasteiger partial charge is 0.263 e. The fourth-order valence-electron chi connectivity index (χ4n) is 4.72. The fourth-order valence-corrected chi connectivity index (χ4v) is 6.84. The topological polar surface area (TPSA) is 73.2 Å². The molecule has 1 aliphatic carbocycles. The van der Waals surface area contributed by atoms with E-state index in [1.54, 1.807) is 15.9 Å². The first-order valence-corrected chi connectivity index (χ1v) is 13.5. The van der Waals surface area contributed by atoms with Gasteiger partial charge in [0.1, 0.15) is 4.83 Å². The number of amides is 1. The first-order chi connectivity index (χ1) is 16.1. The van der Waals surface area contributed by atoms with E-state index in [4.69, 9.17) is 9.72 Å². The van der Waals surface area contributed by atoms with Gasteiger partial charge in [0.2, 0.25) is 5.91 Å². The highest BCUT2D eigenvalue weighted by molar-refractivity contribution is 7.99. The zero-order valence-corrected chi connectivity index (χ0v) is 20.5. The van der Waals surface area contributed by atoms with Gasteiger partial charge < -0.3 is 10.1 Å². The van der Waals surface area contributed by atoms with Crippen molar-refractivity contribution in [3.63, 3.8) is 0 Å². The number of fused-ring (bicyclic) bond motifs is 3. The van der Waals surface area contributed by atoms with Gasteiger partial charge in [-0.15, -0.1) is 11.3 Å². The lowest BCUT2D eigenvalue weighted by atomic mass is 9.97. The number of thioether (sulfide) groups is 1. The molecule has 2 aromatic heterocycles. The van der Waals surface area contributed by atoms with E-state index < -0.39 is 0 Å². The maximum atomic E-state index is 13.6. The van der Waals surface area contributed by atoms with Gasteiger partial charge in [-0.25, -0.2) is 4.98 Å². The van der Waals surface area contributed by atoms with Gasteiger partial charge in [-0.1, -0.05) is 42.1 Å². The molecular weight excluding hydrogens is 454 g/mol. The Bertz CT molecular complexity index is 1200. The summed E-state index contributed by atoms with van der Waals surface area (Å²) in [4.78, 5) is 33.4. The predicted octanol–water partition coefficient (Wildman–Crippen LogP) is 4.49. The molecule has 1 fully saturated rings. The predicted molar refractivity (Wildman–Crippen MR) is 133 cm³/mol. The van der Waals surface area contributed by atoms with Gasteiger partial charge in [-0.05, 0) is 56.6 Å². The normalized spacial score (nSPS) is 18.9. The second kappa shape index (κ2) is 9.99. The number of hydrogen-bond donors (Lipinski definition) is 1. The summed E-state index contributed by atoms with van der Waals surface area (Å²) in [6, 6.07) is 9.84. The van der Waals surface area contributed by atoms with Crippen molar-refractivity contribution in [2.24, 2.45) is 0 Å². The summed E-state index contributed by atoms with van der Waals surface area (Å²) in [5, 5.41) is 4.46. The second-order valence-corrected chi connectivity index (χ2v) is 10.9. The van der Waals surface area contributed by atoms with E-state index in [1.807, 2.05) is 37.3 Å². The number of aromatic nitrogens is 2. The van der Waals surface area contributed by atoms with Crippen LogP contribution in [-0.2, 0) is 28.9 Å². The molecule has 1 amide bonds. The number of carbonyl (C=O) groups excluding carboxylic acids is 1. The van der Waals surface area contributed by atoms with Crippen LogP contribution in [0.3, 0.4) is 0 Å². The molecule has 0 bridgehead atoms. The summed E-state index contributed by atoms with van der Waals surface area (Å²) >= 11 is 2.99. The number of nitrogens with zero attached hydrogens (tertiary/aromatic N) is 2. The zero-order chi connectivity index (χ0) is 22.8. The minimum absolute atomic E-state index is 0.0236. The number of thiophene rings is 1. The molecule has 6 nitrogen and oxygen atoms in total. The van der Waals surface area contributed by atoms with Crippen LogP contribution in [0, 0.1) is 0 Å². The number of carbonyl (C=O) groups is 1. The minimum Gasteiger partial charge on any atom is -0.376 e. The standard InChI is InChI=1S/C25H29N3O3S2/c1-16(17-8-3-2-4-9-17)26-21(29)15-32-25-27-23-22(19-11-5-6-12-20(19)33-23)24(30)28(25)14-18-10-7-13-31-18/h2-4,8-9,16,18H,5-7,10-15H2,1H3,(H,26,29). The zero-order valence-electron chi connectivity index (χ0n) is 18.8. The molecule has 1 aliphatic heterocycles. The molecule has 5 rings (SSSR count). The number of nitrogens with one attached hydrogen (secondary N) is 1. The Morgan fingerprint density at radius 1 is 1.27 bits per heavy atom. The van der Waals surface area contributed by atoms with E-state index in [2.05, 4.69) is 5.32 Å². The maximum absolute atomic E-state index is 13.6. The highest BCUT2D eigenvalue weighted by atomic mass is 32.2. The molecule has 2 atom stereocenters. The van der Waals surface area contributed by atoms with Crippen LogP contribution >= 0.6 is 23.1 Å². The van der Waals surface area contributed by atoms with Gasteiger partial charge in [0, 0.05) is 11.5 Å². The van der Waals surface area contributed by atoms with Crippen molar-refractivity contribution in [2.45, 2.75) is 69.3 Å². The van der Waals surface area contributed by atoms with Gasteiger partial charge in [0.05, 0.1) is 29.8 Å². The highest BCUT2D eigenvalue weighted by Gasteiger charge is 2.25. The number of hydrogen-bond acceptors (Lipinski definition) is 6. The van der Waals surface area contributed by atoms with Crippen LogP contribution in [-0.4, -0.2) is 33.9 Å². The molecule has 8 heteroatoms. The summed E-state index contributed by atoms with van der Waals surface area (Å²) in [6.07, 6.45) is 6.28. The largest absolute Gasteiger partial charge is 0.376 e. The Kier molecular flexibility index (Phi) is 6.85.